The molecule has 1 aliphatic rings. The SMILES string of the molecule is O=C(O)CC1CNC(=O)N(Cc2ccccc2Cl)C1c1ccc(Br)cc1. The number of aliphatic carboxylic acids is 1. The molecule has 0 aliphatic carbocycles. The lowest BCUT2D eigenvalue weighted by Crippen LogP contribution is -2.52. The highest BCUT2D eigenvalue weighted by Crippen LogP contribution is 2.36. The van der Waals surface area contributed by atoms with Gasteiger partial charge in [0.1, 0.15) is 0 Å². The van der Waals surface area contributed by atoms with E-state index in [4.69, 9.17) is 11.6 Å². The monoisotopic (exact) mass is 436 g/mol. The van der Waals surface area contributed by atoms with Gasteiger partial charge in [0.25, 0.3) is 0 Å². The number of nitrogens with zero attached hydrogens (tertiary/aromatic N) is 1. The summed E-state index contributed by atoms with van der Waals surface area (Å²) in [6.07, 6.45) is -0.0277. The molecule has 1 fully saturated rings. The van der Waals surface area contributed by atoms with Crippen molar-refractivity contribution in [2.45, 2.75) is 19.0 Å². The van der Waals surface area contributed by atoms with Gasteiger partial charge in [-0.25, -0.2) is 4.79 Å². The highest BCUT2D eigenvalue weighted by molar-refractivity contribution is 9.10. The van der Waals surface area contributed by atoms with Crippen LogP contribution >= 0.6 is 27.5 Å². The van der Waals surface area contributed by atoms with Crippen molar-refractivity contribution in [2.24, 2.45) is 5.92 Å². The van der Waals surface area contributed by atoms with Gasteiger partial charge in [0, 0.05) is 28.5 Å². The fourth-order valence-corrected chi connectivity index (χ4v) is 3.77. The van der Waals surface area contributed by atoms with Crippen LogP contribution in [0.1, 0.15) is 23.6 Å². The Kier molecular flexibility index (Phi) is 5.84. The van der Waals surface area contributed by atoms with Crippen LogP contribution in [-0.4, -0.2) is 28.6 Å². The van der Waals surface area contributed by atoms with E-state index in [0.29, 0.717) is 18.1 Å². The number of hydrogen-bond acceptors (Lipinski definition) is 2. The van der Waals surface area contributed by atoms with Crippen molar-refractivity contribution in [3.05, 3.63) is 69.2 Å². The lowest BCUT2D eigenvalue weighted by Gasteiger charge is -2.41. The molecule has 3 rings (SSSR count). The first-order valence-corrected chi connectivity index (χ1v) is 9.38. The minimum absolute atomic E-state index is 0.0277. The molecule has 0 aromatic heterocycles. The van der Waals surface area contributed by atoms with Crippen molar-refractivity contribution in [3.63, 3.8) is 0 Å². The first kappa shape index (κ1) is 18.7. The maximum Gasteiger partial charge on any atom is 0.318 e. The van der Waals surface area contributed by atoms with Gasteiger partial charge >= 0.3 is 12.0 Å². The highest BCUT2D eigenvalue weighted by Gasteiger charge is 2.38. The number of amides is 2. The normalized spacial score (nSPS) is 19.9. The van der Waals surface area contributed by atoms with Gasteiger partial charge in [-0.05, 0) is 29.3 Å². The molecule has 1 aliphatic heterocycles. The van der Waals surface area contributed by atoms with Crippen LogP contribution in [0.2, 0.25) is 5.02 Å². The zero-order chi connectivity index (χ0) is 18.7. The van der Waals surface area contributed by atoms with E-state index in [0.717, 1.165) is 15.6 Å². The maximum absolute atomic E-state index is 12.6. The lowest BCUT2D eigenvalue weighted by atomic mass is 9.87. The zero-order valence-electron chi connectivity index (χ0n) is 13.9. The number of benzene rings is 2. The molecule has 2 aromatic carbocycles. The largest absolute Gasteiger partial charge is 0.481 e. The Hall–Kier alpha value is -2.05. The minimum atomic E-state index is -0.883. The second kappa shape index (κ2) is 8.10. The van der Waals surface area contributed by atoms with E-state index in [1.165, 1.54) is 0 Å². The summed E-state index contributed by atoms with van der Waals surface area (Å²) >= 11 is 9.68. The smallest absolute Gasteiger partial charge is 0.318 e. The summed E-state index contributed by atoms with van der Waals surface area (Å²) in [5.41, 5.74) is 1.73. The molecular formula is C19H18BrClN2O3. The molecule has 7 heteroatoms. The third-order valence-electron chi connectivity index (χ3n) is 4.51. The van der Waals surface area contributed by atoms with Crippen molar-refractivity contribution in [1.29, 1.82) is 0 Å². The predicted octanol–water partition coefficient (Wildman–Crippen LogP) is 4.46. The number of carbonyl (C=O) groups excluding carboxylic acids is 1. The molecule has 1 saturated heterocycles. The number of rotatable bonds is 5. The number of hydrogen-bond donors (Lipinski definition) is 2. The van der Waals surface area contributed by atoms with E-state index < -0.39 is 5.97 Å². The Labute approximate surface area is 165 Å². The van der Waals surface area contributed by atoms with Gasteiger partial charge in [0.15, 0.2) is 0 Å². The van der Waals surface area contributed by atoms with Crippen LogP contribution in [0.15, 0.2) is 53.0 Å². The van der Waals surface area contributed by atoms with Crippen molar-refractivity contribution in [2.75, 3.05) is 6.54 Å². The van der Waals surface area contributed by atoms with E-state index in [-0.39, 0.29) is 24.4 Å². The zero-order valence-corrected chi connectivity index (χ0v) is 16.2. The van der Waals surface area contributed by atoms with Crippen molar-refractivity contribution in [3.8, 4) is 0 Å². The molecule has 136 valence electrons. The second-order valence-corrected chi connectivity index (χ2v) is 7.58. The Balaban J connectivity index is 1.98. The van der Waals surface area contributed by atoms with Crippen LogP contribution in [0.4, 0.5) is 4.79 Å². The van der Waals surface area contributed by atoms with E-state index in [2.05, 4.69) is 21.2 Å². The predicted molar refractivity (Wildman–Crippen MR) is 103 cm³/mol. The van der Waals surface area contributed by atoms with Crippen LogP contribution in [-0.2, 0) is 11.3 Å². The average Bonchev–Trinajstić information content (AvgIpc) is 2.60. The van der Waals surface area contributed by atoms with E-state index in [9.17, 15) is 14.7 Å². The van der Waals surface area contributed by atoms with Crippen LogP contribution in [0, 0.1) is 5.92 Å². The second-order valence-electron chi connectivity index (χ2n) is 6.26. The van der Waals surface area contributed by atoms with Gasteiger partial charge in [-0.1, -0.05) is 57.9 Å². The summed E-state index contributed by atoms with van der Waals surface area (Å²) < 4.78 is 0.925. The summed E-state index contributed by atoms with van der Waals surface area (Å²) in [7, 11) is 0. The Morgan fingerprint density at radius 1 is 1.23 bits per heavy atom. The van der Waals surface area contributed by atoms with Crippen molar-refractivity contribution >= 4 is 39.5 Å². The molecule has 0 saturated carbocycles. The summed E-state index contributed by atoms with van der Waals surface area (Å²) in [6, 6.07) is 14.4. The molecule has 2 atom stereocenters. The van der Waals surface area contributed by atoms with Gasteiger partial charge in [0.2, 0.25) is 0 Å². The van der Waals surface area contributed by atoms with E-state index in [1.54, 1.807) is 11.0 Å². The lowest BCUT2D eigenvalue weighted by molar-refractivity contribution is -0.138. The highest BCUT2D eigenvalue weighted by atomic mass is 79.9. The topological polar surface area (TPSA) is 69.6 Å². The number of halogens is 2. The molecule has 26 heavy (non-hydrogen) atoms. The van der Waals surface area contributed by atoms with Crippen LogP contribution in [0.25, 0.3) is 0 Å². The first-order chi connectivity index (χ1) is 12.5. The number of nitrogens with one attached hydrogen (secondary N) is 1. The first-order valence-electron chi connectivity index (χ1n) is 8.21. The number of carboxylic acid groups (broad SMARTS) is 1. The van der Waals surface area contributed by atoms with Crippen molar-refractivity contribution < 1.29 is 14.7 Å². The molecular weight excluding hydrogens is 420 g/mol. The fourth-order valence-electron chi connectivity index (χ4n) is 3.31. The minimum Gasteiger partial charge on any atom is -0.481 e. The van der Waals surface area contributed by atoms with E-state index in [1.807, 2.05) is 42.5 Å². The Morgan fingerprint density at radius 3 is 2.58 bits per heavy atom. The van der Waals surface area contributed by atoms with Gasteiger partial charge < -0.3 is 15.3 Å². The third kappa shape index (κ3) is 4.19. The van der Waals surface area contributed by atoms with Crippen LogP contribution in [0.5, 0.6) is 0 Å². The Bertz CT molecular complexity index is 813. The Morgan fingerprint density at radius 2 is 1.92 bits per heavy atom. The average molecular weight is 438 g/mol. The van der Waals surface area contributed by atoms with Crippen molar-refractivity contribution in [1.82, 2.24) is 10.2 Å². The van der Waals surface area contributed by atoms with E-state index >= 15 is 0 Å². The number of carboxylic acids is 1. The summed E-state index contributed by atoms with van der Waals surface area (Å²) in [4.78, 5) is 25.6. The van der Waals surface area contributed by atoms with Gasteiger partial charge in [-0.3, -0.25) is 4.79 Å². The molecule has 1 heterocycles. The quantitative estimate of drug-likeness (QED) is 0.725. The van der Waals surface area contributed by atoms with Crippen LogP contribution in [0.3, 0.4) is 0 Å². The molecule has 2 N–H and O–H groups in total. The molecule has 0 spiro atoms. The third-order valence-corrected chi connectivity index (χ3v) is 5.40. The molecule has 5 nitrogen and oxygen atoms in total. The van der Waals surface area contributed by atoms with Gasteiger partial charge in [-0.2, -0.15) is 0 Å². The summed E-state index contributed by atoms with van der Waals surface area (Å²) in [5.74, 6) is -1.13. The standard InChI is InChI=1S/C19H18BrClN2O3/c20-15-7-5-12(6-8-15)18-14(9-17(24)25)10-22-19(26)23(18)11-13-3-1-2-4-16(13)21/h1-8,14,18H,9-11H2,(H,22,26)(H,24,25). The number of carbonyl (C=O) groups is 2. The molecule has 0 bridgehead atoms. The molecule has 0 radical (unpaired) electrons. The summed E-state index contributed by atoms with van der Waals surface area (Å²) in [6.45, 7) is 0.632. The van der Waals surface area contributed by atoms with Crippen LogP contribution < -0.4 is 5.32 Å². The molecule has 2 unspecified atom stereocenters. The maximum atomic E-state index is 12.6. The summed E-state index contributed by atoms with van der Waals surface area (Å²) in [5, 5.41) is 12.7. The molecule has 2 aromatic rings. The molecule has 2 amide bonds. The number of urea groups is 1. The fraction of sp³-hybridized carbons (Fsp3) is 0.263. The van der Waals surface area contributed by atoms with Gasteiger partial charge in [-0.15, -0.1) is 0 Å². The van der Waals surface area contributed by atoms with Gasteiger partial charge in [0.05, 0.1) is 12.5 Å².